The zero-order valence-corrected chi connectivity index (χ0v) is 21.9. The van der Waals surface area contributed by atoms with Crippen LogP contribution in [0.1, 0.15) is 86.0 Å². The van der Waals surface area contributed by atoms with Crippen LogP contribution >= 0.6 is 0 Å². The number of hydrogen-bond acceptors (Lipinski definition) is 6. The molecule has 0 aromatic carbocycles. The van der Waals surface area contributed by atoms with Gasteiger partial charge in [0.15, 0.2) is 0 Å². The summed E-state index contributed by atoms with van der Waals surface area (Å²) in [6.45, 7) is 10.2. The summed E-state index contributed by atoms with van der Waals surface area (Å²) in [5.41, 5.74) is -0.893. The van der Waals surface area contributed by atoms with Crippen molar-refractivity contribution in [3.8, 4) is 0 Å². The summed E-state index contributed by atoms with van der Waals surface area (Å²) in [5, 5.41) is 5.27. The second-order valence-corrected chi connectivity index (χ2v) is 12.7. The molecule has 4 fully saturated rings. The topological polar surface area (TPSA) is 111 Å². The first kappa shape index (κ1) is 26.0. The number of Topliss-reactive ketones (excluding diaryl/α,β-unsaturated/α-hetero) is 2. The molecule has 2 N–H and O–H groups in total. The van der Waals surface area contributed by atoms with Gasteiger partial charge in [-0.25, -0.2) is 9.59 Å². The number of amides is 2. The second kappa shape index (κ2) is 9.40. The van der Waals surface area contributed by atoms with Gasteiger partial charge in [-0.1, -0.05) is 13.8 Å². The Morgan fingerprint density at radius 2 is 1.66 bits per heavy atom. The van der Waals surface area contributed by atoms with Crippen LogP contribution in [0.5, 0.6) is 0 Å². The van der Waals surface area contributed by atoms with E-state index in [2.05, 4.69) is 24.5 Å². The third kappa shape index (κ3) is 5.08. The van der Waals surface area contributed by atoms with Gasteiger partial charge in [0.05, 0.1) is 0 Å². The van der Waals surface area contributed by atoms with Gasteiger partial charge in [0.25, 0.3) is 0 Å². The Bertz CT molecular complexity index is 881. The van der Waals surface area contributed by atoms with E-state index in [-0.39, 0.29) is 41.7 Å². The number of hydrogen-bond donors (Lipinski definition) is 2. The fourth-order valence-electron chi connectivity index (χ4n) is 7.72. The number of alkyl carbamates (subject to hydrolysis) is 2. The van der Waals surface area contributed by atoms with Crippen LogP contribution in [-0.4, -0.2) is 48.5 Å². The van der Waals surface area contributed by atoms with E-state index in [1.807, 2.05) is 0 Å². The van der Waals surface area contributed by atoms with Crippen LogP contribution < -0.4 is 10.6 Å². The predicted molar refractivity (Wildman–Crippen MR) is 130 cm³/mol. The maximum Gasteiger partial charge on any atom is 0.407 e. The third-order valence-corrected chi connectivity index (χ3v) is 9.45. The first-order chi connectivity index (χ1) is 16.3. The van der Waals surface area contributed by atoms with E-state index in [4.69, 9.17) is 9.47 Å². The molecule has 0 aromatic heterocycles. The van der Waals surface area contributed by atoms with Gasteiger partial charge >= 0.3 is 12.2 Å². The SMILES string of the molecule is CC(C)(C)OC(=O)NCCNC(=O)O[C@H]1CC[C@@]2(C)C(C1)C(=O)C[C@@H]1[C@@H]2CC[C@]2(C)C(=O)CC[C@@H]12. The van der Waals surface area contributed by atoms with Gasteiger partial charge < -0.3 is 20.1 Å². The molecule has 0 bridgehead atoms. The smallest absolute Gasteiger partial charge is 0.407 e. The minimum absolute atomic E-state index is 0.0827. The molecule has 0 saturated heterocycles. The highest BCUT2D eigenvalue weighted by atomic mass is 16.6. The Balaban J connectivity index is 1.28. The lowest BCUT2D eigenvalue weighted by Gasteiger charge is -2.59. The molecule has 0 radical (unpaired) electrons. The number of ketones is 2. The van der Waals surface area contributed by atoms with Crippen LogP contribution in [0.2, 0.25) is 0 Å². The monoisotopic (exact) mass is 490 g/mol. The largest absolute Gasteiger partial charge is 0.446 e. The number of ether oxygens (including phenoxy) is 2. The van der Waals surface area contributed by atoms with Crippen molar-refractivity contribution in [2.24, 2.45) is 34.5 Å². The zero-order chi connectivity index (χ0) is 25.6. The summed E-state index contributed by atoms with van der Waals surface area (Å²) in [5.74, 6) is 1.70. The zero-order valence-electron chi connectivity index (χ0n) is 21.9. The van der Waals surface area contributed by atoms with E-state index >= 15 is 0 Å². The average Bonchev–Trinajstić information content (AvgIpc) is 3.06. The predicted octanol–water partition coefficient (Wildman–Crippen LogP) is 4.40. The summed E-state index contributed by atoms with van der Waals surface area (Å²) >= 11 is 0. The summed E-state index contributed by atoms with van der Waals surface area (Å²) in [4.78, 5) is 50.0. The Morgan fingerprint density at radius 1 is 0.971 bits per heavy atom. The van der Waals surface area contributed by atoms with Crippen molar-refractivity contribution < 1.29 is 28.7 Å². The van der Waals surface area contributed by atoms with Gasteiger partial charge in [0.1, 0.15) is 23.3 Å². The van der Waals surface area contributed by atoms with Crippen LogP contribution in [0.4, 0.5) is 9.59 Å². The van der Waals surface area contributed by atoms with Crippen LogP contribution in [0.25, 0.3) is 0 Å². The van der Waals surface area contributed by atoms with Gasteiger partial charge in [-0.3, -0.25) is 9.59 Å². The van der Waals surface area contributed by atoms with Crippen molar-refractivity contribution in [2.45, 2.75) is 97.7 Å². The lowest BCUT2D eigenvalue weighted by Crippen LogP contribution is -2.57. The minimum Gasteiger partial charge on any atom is -0.446 e. The molecule has 7 atom stereocenters. The molecule has 4 aliphatic carbocycles. The molecule has 4 aliphatic rings. The van der Waals surface area contributed by atoms with Crippen LogP contribution in [-0.2, 0) is 19.1 Å². The maximum absolute atomic E-state index is 13.4. The standard InChI is InChI=1S/C27H42N2O6/c1-25(2,3)35-24(33)29-13-12-28-23(32)34-16-8-10-26(4)19-9-11-27(5)18(6-7-22(27)31)17(19)15-21(30)20(26)14-16/h16-20H,6-15H2,1-5H3,(H,28,32)(H,29,33)/t16-,17-,18-,19-,20?,26+,27-/m0/s1. The molecule has 2 amide bonds. The van der Waals surface area contributed by atoms with Crippen LogP contribution in [0.15, 0.2) is 0 Å². The Labute approximate surface area is 208 Å². The first-order valence-corrected chi connectivity index (χ1v) is 13.3. The molecule has 196 valence electrons. The van der Waals surface area contributed by atoms with E-state index in [1.165, 1.54) is 0 Å². The lowest BCUT2D eigenvalue weighted by atomic mass is 9.45. The molecule has 4 rings (SSSR count). The number of fused-ring (bicyclic) bond motifs is 5. The highest BCUT2D eigenvalue weighted by Gasteiger charge is 2.62. The normalized spacial score (nSPS) is 38.6. The molecular weight excluding hydrogens is 448 g/mol. The van der Waals surface area contributed by atoms with Crippen molar-refractivity contribution in [3.05, 3.63) is 0 Å². The lowest BCUT2D eigenvalue weighted by molar-refractivity contribution is -0.160. The van der Waals surface area contributed by atoms with Gasteiger partial charge in [0, 0.05) is 37.3 Å². The molecule has 8 heteroatoms. The van der Waals surface area contributed by atoms with E-state index in [9.17, 15) is 19.2 Å². The molecule has 4 saturated carbocycles. The van der Waals surface area contributed by atoms with Crippen molar-refractivity contribution >= 4 is 23.8 Å². The van der Waals surface area contributed by atoms with Gasteiger partial charge in [0.2, 0.25) is 0 Å². The Hall–Kier alpha value is -2.12. The van der Waals surface area contributed by atoms with Crippen molar-refractivity contribution in [3.63, 3.8) is 0 Å². The van der Waals surface area contributed by atoms with Crippen molar-refractivity contribution in [1.82, 2.24) is 10.6 Å². The highest BCUT2D eigenvalue weighted by Crippen LogP contribution is 2.64. The van der Waals surface area contributed by atoms with E-state index in [1.54, 1.807) is 20.8 Å². The van der Waals surface area contributed by atoms with Gasteiger partial charge in [-0.15, -0.1) is 0 Å². The highest BCUT2D eigenvalue weighted by molar-refractivity contribution is 5.88. The Kier molecular flexibility index (Phi) is 6.97. The number of carbonyl (C=O) groups excluding carboxylic acids is 4. The maximum atomic E-state index is 13.4. The molecular formula is C27H42N2O6. The summed E-state index contributed by atoms with van der Waals surface area (Å²) in [7, 11) is 0. The minimum atomic E-state index is -0.575. The summed E-state index contributed by atoms with van der Waals surface area (Å²) in [6, 6.07) is 0. The van der Waals surface area contributed by atoms with E-state index < -0.39 is 17.8 Å². The quantitative estimate of drug-likeness (QED) is 0.565. The Morgan fingerprint density at radius 3 is 2.34 bits per heavy atom. The number of nitrogens with one attached hydrogen (secondary N) is 2. The molecule has 1 unspecified atom stereocenters. The molecule has 8 nitrogen and oxygen atoms in total. The van der Waals surface area contributed by atoms with Crippen molar-refractivity contribution in [1.29, 1.82) is 0 Å². The number of rotatable bonds is 4. The molecule has 35 heavy (non-hydrogen) atoms. The van der Waals surface area contributed by atoms with Crippen molar-refractivity contribution in [2.75, 3.05) is 13.1 Å². The summed E-state index contributed by atoms with van der Waals surface area (Å²) < 4.78 is 10.8. The molecule has 0 heterocycles. The van der Waals surface area contributed by atoms with Gasteiger partial charge in [-0.05, 0) is 82.5 Å². The fraction of sp³-hybridized carbons (Fsp3) is 0.852. The average molecular weight is 491 g/mol. The van der Waals surface area contributed by atoms with E-state index in [0.717, 1.165) is 32.1 Å². The van der Waals surface area contributed by atoms with Gasteiger partial charge in [-0.2, -0.15) is 0 Å². The fourth-order valence-corrected chi connectivity index (χ4v) is 7.72. The van der Waals surface area contributed by atoms with E-state index in [0.29, 0.717) is 42.8 Å². The van der Waals surface area contributed by atoms with Crippen LogP contribution in [0.3, 0.4) is 0 Å². The van der Waals surface area contributed by atoms with Crippen LogP contribution in [0, 0.1) is 34.5 Å². The number of carbonyl (C=O) groups is 4. The third-order valence-electron chi connectivity index (χ3n) is 9.45. The summed E-state index contributed by atoms with van der Waals surface area (Å²) in [6.07, 6.45) is 4.95. The molecule has 0 spiro atoms. The first-order valence-electron chi connectivity index (χ1n) is 13.3. The second-order valence-electron chi connectivity index (χ2n) is 12.7. The molecule has 0 aliphatic heterocycles. The molecule has 0 aromatic rings.